The minimum atomic E-state index is 0.232. The quantitative estimate of drug-likeness (QED) is 0.894. The zero-order chi connectivity index (χ0) is 13.0. The Morgan fingerprint density at radius 1 is 1.26 bits per heavy atom. The van der Waals surface area contributed by atoms with Gasteiger partial charge in [-0.05, 0) is 42.9 Å². The molecule has 0 spiro atoms. The van der Waals surface area contributed by atoms with Gasteiger partial charge in [0.2, 0.25) is 0 Å². The molecule has 1 saturated heterocycles. The summed E-state index contributed by atoms with van der Waals surface area (Å²) < 4.78 is 2.36. The van der Waals surface area contributed by atoms with Crippen molar-refractivity contribution in [3.63, 3.8) is 0 Å². The Labute approximate surface area is 113 Å². The van der Waals surface area contributed by atoms with Crippen molar-refractivity contribution in [2.45, 2.75) is 25.2 Å². The fourth-order valence-electron chi connectivity index (χ4n) is 3.96. The van der Waals surface area contributed by atoms with Gasteiger partial charge in [0.05, 0.1) is 0 Å². The number of hydrogen-bond acceptors (Lipinski definition) is 2. The van der Waals surface area contributed by atoms with E-state index in [4.69, 9.17) is 5.11 Å². The molecule has 19 heavy (non-hydrogen) atoms. The van der Waals surface area contributed by atoms with Crippen molar-refractivity contribution >= 4 is 16.7 Å². The average Bonchev–Trinajstić information content (AvgIpc) is 2.76. The van der Waals surface area contributed by atoms with Gasteiger partial charge < -0.3 is 14.6 Å². The first-order valence-electron chi connectivity index (χ1n) is 7.26. The molecule has 1 aromatic heterocycles. The molecule has 0 saturated carbocycles. The molecule has 3 nitrogen and oxygen atoms in total. The van der Waals surface area contributed by atoms with Gasteiger partial charge in [0, 0.05) is 43.2 Å². The van der Waals surface area contributed by atoms with Crippen LogP contribution in [-0.4, -0.2) is 29.4 Å². The van der Waals surface area contributed by atoms with Gasteiger partial charge in [-0.15, -0.1) is 0 Å². The Hall–Kier alpha value is -1.48. The first kappa shape index (κ1) is 11.4. The number of rotatable bonds is 2. The van der Waals surface area contributed by atoms with Crippen LogP contribution in [0.5, 0.6) is 0 Å². The highest BCUT2D eigenvalue weighted by Crippen LogP contribution is 2.47. The maximum atomic E-state index is 9.13. The van der Waals surface area contributed by atoms with E-state index >= 15 is 0 Å². The van der Waals surface area contributed by atoms with E-state index in [1.165, 1.54) is 48.2 Å². The molecule has 0 amide bonds. The molecular formula is C16H20N2O. The summed E-state index contributed by atoms with van der Waals surface area (Å²) in [6.07, 6.45) is 3.36. The molecule has 1 aromatic carbocycles. The number of hydrogen-bond donors (Lipinski definition) is 1. The van der Waals surface area contributed by atoms with Gasteiger partial charge in [-0.2, -0.15) is 0 Å². The van der Waals surface area contributed by atoms with E-state index in [-0.39, 0.29) is 6.61 Å². The standard InChI is InChI=1S/C16H20N2O/c1-17-14-3-2-11(6-9-19)10-13(14)15-12-4-7-18(8-5-12)16(15)17/h2-3,10,12,19H,4-9H2,1H3. The van der Waals surface area contributed by atoms with E-state index in [9.17, 15) is 0 Å². The maximum Gasteiger partial charge on any atom is 0.112 e. The van der Waals surface area contributed by atoms with Crippen LogP contribution in [0.3, 0.4) is 0 Å². The van der Waals surface area contributed by atoms with Crippen LogP contribution in [0.15, 0.2) is 18.2 Å². The molecule has 100 valence electrons. The van der Waals surface area contributed by atoms with Gasteiger partial charge in [-0.25, -0.2) is 0 Å². The zero-order valence-corrected chi connectivity index (χ0v) is 11.4. The highest BCUT2D eigenvalue weighted by Gasteiger charge is 2.35. The summed E-state index contributed by atoms with van der Waals surface area (Å²) in [6.45, 7) is 2.66. The SMILES string of the molecule is Cn1c2c(c3cc(CCO)ccc31)C1CCN2CC1. The molecule has 4 heterocycles. The molecule has 2 bridgehead atoms. The first-order valence-corrected chi connectivity index (χ1v) is 7.26. The molecule has 1 fully saturated rings. The Kier molecular flexibility index (Phi) is 2.39. The third-order valence-corrected chi connectivity index (χ3v) is 4.87. The van der Waals surface area contributed by atoms with E-state index in [0.717, 1.165) is 12.3 Å². The van der Waals surface area contributed by atoms with Crippen LogP contribution in [0.1, 0.15) is 29.9 Å². The summed E-state index contributed by atoms with van der Waals surface area (Å²) in [6, 6.07) is 6.67. The second-order valence-corrected chi connectivity index (χ2v) is 5.88. The molecule has 1 N–H and O–H groups in total. The summed E-state index contributed by atoms with van der Waals surface area (Å²) in [5.41, 5.74) is 4.15. The summed E-state index contributed by atoms with van der Waals surface area (Å²) in [4.78, 5) is 2.54. The summed E-state index contributed by atoms with van der Waals surface area (Å²) >= 11 is 0. The lowest BCUT2D eigenvalue weighted by atomic mass is 9.84. The number of fused-ring (bicyclic) bond motifs is 3. The third-order valence-electron chi connectivity index (χ3n) is 4.87. The van der Waals surface area contributed by atoms with E-state index in [2.05, 4.69) is 34.7 Å². The predicted octanol–water partition coefficient (Wildman–Crippen LogP) is 2.41. The molecule has 2 aromatic rings. The minimum absolute atomic E-state index is 0.232. The van der Waals surface area contributed by atoms with Crippen molar-refractivity contribution in [2.24, 2.45) is 7.05 Å². The number of piperidine rings is 1. The largest absolute Gasteiger partial charge is 0.396 e. The molecule has 0 aliphatic carbocycles. The van der Waals surface area contributed by atoms with E-state index in [0.29, 0.717) is 0 Å². The van der Waals surface area contributed by atoms with Crippen molar-refractivity contribution in [1.82, 2.24) is 4.57 Å². The van der Waals surface area contributed by atoms with Gasteiger partial charge in [-0.3, -0.25) is 0 Å². The minimum Gasteiger partial charge on any atom is -0.396 e. The van der Waals surface area contributed by atoms with Crippen LogP contribution >= 0.6 is 0 Å². The van der Waals surface area contributed by atoms with Gasteiger partial charge >= 0.3 is 0 Å². The van der Waals surface area contributed by atoms with Gasteiger partial charge in [0.25, 0.3) is 0 Å². The number of aryl methyl sites for hydroxylation is 1. The topological polar surface area (TPSA) is 28.4 Å². The third kappa shape index (κ3) is 1.48. The summed E-state index contributed by atoms with van der Waals surface area (Å²) in [7, 11) is 2.19. The van der Waals surface area contributed by atoms with E-state index in [1.54, 1.807) is 5.56 Å². The van der Waals surface area contributed by atoms with Crippen molar-refractivity contribution in [3.05, 3.63) is 29.3 Å². The molecule has 3 heteroatoms. The lowest BCUT2D eigenvalue weighted by molar-refractivity contribution is 0.299. The Morgan fingerprint density at radius 2 is 2.05 bits per heavy atom. The fourth-order valence-corrected chi connectivity index (χ4v) is 3.96. The van der Waals surface area contributed by atoms with Crippen molar-refractivity contribution in [1.29, 1.82) is 0 Å². The summed E-state index contributed by atoms with van der Waals surface area (Å²) in [5.74, 6) is 2.19. The lowest BCUT2D eigenvalue weighted by Crippen LogP contribution is -2.39. The van der Waals surface area contributed by atoms with Crippen molar-refractivity contribution in [3.8, 4) is 0 Å². The van der Waals surface area contributed by atoms with Crippen molar-refractivity contribution in [2.75, 3.05) is 24.6 Å². The molecule has 0 unspecified atom stereocenters. The Balaban J connectivity index is 1.99. The normalized spacial score (nSPS) is 18.3. The van der Waals surface area contributed by atoms with Crippen LogP contribution in [0.4, 0.5) is 5.82 Å². The van der Waals surface area contributed by atoms with Crippen LogP contribution in [0, 0.1) is 0 Å². The number of benzene rings is 1. The number of aromatic nitrogens is 1. The smallest absolute Gasteiger partial charge is 0.112 e. The van der Waals surface area contributed by atoms with Crippen LogP contribution < -0.4 is 4.90 Å². The van der Waals surface area contributed by atoms with E-state index in [1.807, 2.05) is 0 Å². The number of aliphatic hydroxyl groups is 1. The van der Waals surface area contributed by atoms with Gasteiger partial charge in [0.1, 0.15) is 5.82 Å². The number of nitrogens with zero attached hydrogens (tertiary/aromatic N) is 2. The molecule has 3 aliphatic rings. The predicted molar refractivity (Wildman–Crippen MR) is 77.9 cm³/mol. The monoisotopic (exact) mass is 256 g/mol. The van der Waals surface area contributed by atoms with Crippen LogP contribution in [0.25, 0.3) is 10.9 Å². The maximum absolute atomic E-state index is 9.13. The Morgan fingerprint density at radius 3 is 2.79 bits per heavy atom. The van der Waals surface area contributed by atoms with E-state index < -0.39 is 0 Å². The summed E-state index contributed by atoms with van der Waals surface area (Å²) in [5, 5.41) is 10.5. The second-order valence-electron chi connectivity index (χ2n) is 5.88. The fraction of sp³-hybridized carbons (Fsp3) is 0.500. The highest BCUT2D eigenvalue weighted by atomic mass is 16.2. The molecule has 0 atom stereocenters. The number of aliphatic hydroxyl groups excluding tert-OH is 1. The van der Waals surface area contributed by atoms with Crippen LogP contribution in [0.2, 0.25) is 0 Å². The van der Waals surface area contributed by atoms with Gasteiger partial charge in [-0.1, -0.05) is 6.07 Å². The van der Waals surface area contributed by atoms with Crippen molar-refractivity contribution < 1.29 is 5.11 Å². The van der Waals surface area contributed by atoms with Gasteiger partial charge in [0.15, 0.2) is 0 Å². The second kappa shape index (κ2) is 4.01. The van der Waals surface area contributed by atoms with Crippen LogP contribution in [-0.2, 0) is 13.5 Å². The molecular weight excluding hydrogens is 236 g/mol. The molecule has 5 rings (SSSR count). The highest BCUT2D eigenvalue weighted by molar-refractivity contribution is 5.92. The molecule has 0 radical (unpaired) electrons. The zero-order valence-electron chi connectivity index (χ0n) is 11.4. The average molecular weight is 256 g/mol. The molecule has 3 aliphatic heterocycles. The Bertz CT molecular complexity index is 636. The first-order chi connectivity index (χ1) is 9.29. The lowest BCUT2D eigenvalue weighted by Gasteiger charge is -2.41. The number of anilines is 1.